The first kappa shape index (κ1) is 21.3. The Kier molecular flexibility index (Phi) is 6.35. The van der Waals surface area contributed by atoms with Crippen molar-refractivity contribution in [1.29, 1.82) is 0 Å². The molecule has 6 nitrogen and oxygen atoms in total. The Morgan fingerprint density at radius 2 is 1.73 bits per heavy atom. The van der Waals surface area contributed by atoms with E-state index in [-0.39, 0.29) is 29.8 Å². The van der Waals surface area contributed by atoms with Crippen LogP contribution in [0.3, 0.4) is 0 Å². The van der Waals surface area contributed by atoms with Gasteiger partial charge in [0.25, 0.3) is 0 Å². The Hall–Kier alpha value is -3.41. The van der Waals surface area contributed by atoms with Crippen LogP contribution in [0.2, 0.25) is 0 Å². The van der Waals surface area contributed by atoms with Crippen LogP contribution < -0.4 is 4.74 Å². The number of rotatable bonds is 7. The van der Waals surface area contributed by atoms with Crippen LogP contribution in [0.15, 0.2) is 48.5 Å². The number of hydrogen-bond donors (Lipinski definition) is 0. The molecule has 0 saturated heterocycles. The number of esters is 1. The molecule has 6 heteroatoms. The molecule has 0 atom stereocenters. The summed E-state index contributed by atoms with van der Waals surface area (Å²) in [7, 11) is 1.58. The van der Waals surface area contributed by atoms with Crippen LogP contribution in [-0.2, 0) is 4.74 Å². The maximum absolute atomic E-state index is 13.5. The van der Waals surface area contributed by atoms with Crippen molar-refractivity contribution in [3.05, 3.63) is 71.0 Å². The summed E-state index contributed by atoms with van der Waals surface area (Å²) in [5.74, 6) is 0.194. The molecular formula is C24H26N2O4. The quantitative estimate of drug-likeness (QED) is 0.414. The summed E-state index contributed by atoms with van der Waals surface area (Å²) in [5.41, 5.74) is 2.45. The molecule has 0 amide bonds. The lowest BCUT2D eigenvalue weighted by atomic mass is 10.0. The van der Waals surface area contributed by atoms with Gasteiger partial charge in [-0.2, -0.15) is 0 Å². The van der Waals surface area contributed by atoms with Gasteiger partial charge in [-0.05, 0) is 39.8 Å². The monoisotopic (exact) mass is 406 g/mol. The Morgan fingerprint density at radius 3 is 2.33 bits per heavy atom. The third-order valence-electron chi connectivity index (χ3n) is 4.77. The van der Waals surface area contributed by atoms with Crippen LogP contribution >= 0.6 is 0 Å². The topological polar surface area (TPSA) is 70.4 Å². The molecule has 0 fully saturated rings. The SMILES string of the molecule is CCOC(=O)c1nc(-c2ccccc2OC)n(C(C)C)c1C(=O)c1ccc(C)cc1. The van der Waals surface area contributed by atoms with E-state index in [1.807, 2.05) is 57.2 Å². The molecule has 0 aliphatic rings. The van der Waals surface area contributed by atoms with Gasteiger partial charge in [-0.3, -0.25) is 4.79 Å². The number of hydrogen-bond acceptors (Lipinski definition) is 5. The van der Waals surface area contributed by atoms with E-state index in [9.17, 15) is 9.59 Å². The maximum Gasteiger partial charge on any atom is 0.359 e. The van der Waals surface area contributed by atoms with Gasteiger partial charge in [-0.1, -0.05) is 42.0 Å². The van der Waals surface area contributed by atoms with Gasteiger partial charge in [0.1, 0.15) is 17.3 Å². The molecule has 156 valence electrons. The van der Waals surface area contributed by atoms with Gasteiger partial charge in [0.15, 0.2) is 5.69 Å². The lowest BCUT2D eigenvalue weighted by Gasteiger charge is -2.17. The summed E-state index contributed by atoms with van der Waals surface area (Å²) in [6.07, 6.45) is 0. The molecule has 0 aliphatic heterocycles. The average Bonchev–Trinajstić information content (AvgIpc) is 3.14. The highest BCUT2D eigenvalue weighted by atomic mass is 16.5. The van der Waals surface area contributed by atoms with Crippen LogP contribution in [-0.4, -0.2) is 35.0 Å². The van der Waals surface area contributed by atoms with E-state index in [1.165, 1.54) is 0 Å². The number of benzene rings is 2. The van der Waals surface area contributed by atoms with Crippen LogP contribution in [0.4, 0.5) is 0 Å². The number of imidazole rings is 1. The molecule has 0 spiro atoms. The van der Waals surface area contributed by atoms with Crippen molar-refractivity contribution >= 4 is 11.8 Å². The summed E-state index contributed by atoms with van der Waals surface area (Å²) in [6.45, 7) is 7.76. The highest BCUT2D eigenvalue weighted by Gasteiger charge is 2.31. The third kappa shape index (κ3) is 3.99. The predicted molar refractivity (Wildman–Crippen MR) is 115 cm³/mol. The smallest absolute Gasteiger partial charge is 0.359 e. The summed E-state index contributed by atoms with van der Waals surface area (Å²) in [4.78, 5) is 30.8. The number of ether oxygens (including phenoxy) is 2. The fourth-order valence-electron chi connectivity index (χ4n) is 3.36. The molecule has 3 aromatic rings. The van der Waals surface area contributed by atoms with E-state index in [2.05, 4.69) is 4.98 Å². The minimum atomic E-state index is -0.622. The molecular weight excluding hydrogens is 380 g/mol. The Balaban J connectivity index is 2.30. The van der Waals surface area contributed by atoms with Crippen LogP contribution in [0, 0.1) is 6.92 Å². The number of methoxy groups -OCH3 is 1. The van der Waals surface area contributed by atoms with Crippen molar-refractivity contribution in [2.24, 2.45) is 0 Å². The number of nitrogens with zero attached hydrogens (tertiary/aromatic N) is 2. The lowest BCUT2D eigenvalue weighted by Crippen LogP contribution is -2.18. The zero-order chi connectivity index (χ0) is 21.8. The number of carbonyl (C=O) groups is 2. The van der Waals surface area contributed by atoms with Gasteiger partial charge < -0.3 is 14.0 Å². The summed E-state index contributed by atoms with van der Waals surface area (Å²) in [6, 6.07) is 14.5. The lowest BCUT2D eigenvalue weighted by molar-refractivity contribution is 0.0517. The van der Waals surface area contributed by atoms with Crippen molar-refractivity contribution in [3.63, 3.8) is 0 Å². The Bertz CT molecular complexity index is 1070. The molecule has 1 aromatic heterocycles. The number of carbonyl (C=O) groups excluding carboxylic acids is 2. The van der Waals surface area contributed by atoms with E-state index >= 15 is 0 Å². The molecule has 2 aromatic carbocycles. The fraction of sp³-hybridized carbons (Fsp3) is 0.292. The number of ketones is 1. The first-order chi connectivity index (χ1) is 14.4. The second-order valence-electron chi connectivity index (χ2n) is 7.21. The molecule has 30 heavy (non-hydrogen) atoms. The molecule has 3 rings (SSSR count). The van der Waals surface area contributed by atoms with Crippen molar-refractivity contribution in [1.82, 2.24) is 9.55 Å². The molecule has 0 N–H and O–H groups in total. The molecule has 0 radical (unpaired) electrons. The number of aryl methyl sites for hydroxylation is 1. The largest absolute Gasteiger partial charge is 0.496 e. The maximum atomic E-state index is 13.5. The Morgan fingerprint density at radius 1 is 1.07 bits per heavy atom. The van der Waals surface area contributed by atoms with E-state index in [1.54, 1.807) is 30.7 Å². The average molecular weight is 406 g/mol. The summed E-state index contributed by atoms with van der Waals surface area (Å²) in [5, 5.41) is 0. The molecule has 0 aliphatic carbocycles. The normalized spacial score (nSPS) is 10.9. The minimum absolute atomic E-state index is 0.0111. The van der Waals surface area contributed by atoms with Crippen molar-refractivity contribution in [3.8, 4) is 17.1 Å². The van der Waals surface area contributed by atoms with Gasteiger partial charge in [-0.15, -0.1) is 0 Å². The summed E-state index contributed by atoms with van der Waals surface area (Å²) >= 11 is 0. The van der Waals surface area contributed by atoms with Crippen LogP contribution in [0.1, 0.15) is 58.9 Å². The van der Waals surface area contributed by atoms with Gasteiger partial charge in [0, 0.05) is 11.6 Å². The second kappa shape index (κ2) is 8.95. The molecule has 1 heterocycles. The van der Waals surface area contributed by atoms with Crippen LogP contribution in [0.25, 0.3) is 11.4 Å². The van der Waals surface area contributed by atoms with E-state index in [4.69, 9.17) is 9.47 Å². The van der Waals surface area contributed by atoms with Gasteiger partial charge in [0.05, 0.1) is 19.3 Å². The molecule has 0 unspecified atom stereocenters. The second-order valence-corrected chi connectivity index (χ2v) is 7.21. The van der Waals surface area contributed by atoms with Gasteiger partial charge in [0.2, 0.25) is 5.78 Å². The van der Waals surface area contributed by atoms with Gasteiger partial charge >= 0.3 is 5.97 Å². The number of aromatic nitrogens is 2. The highest BCUT2D eigenvalue weighted by Crippen LogP contribution is 2.34. The fourth-order valence-corrected chi connectivity index (χ4v) is 3.36. The van der Waals surface area contributed by atoms with Crippen LogP contribution in [0.5, 0.6) is 5.75 Å². The van der Waals surface area contributed by atoms with E-state index in [0.717, 1.165) is 5.56 Å². The molecule has 0 saturated carbocycles. The first-order valence-corrected chi connectivity index (χ1v) is 9.93. The zero-order valence-electron chi connectivity index (χ0n) is 17.9. The van der Waals surface area contributed by atoms with Gasteiger partial charge in [-0.25, -0.2) is 9.78 Å². The molecule has 0 bridgehead atoms. The first-order valence-electron chi connectivity index (χ1n) is 9.93. The minimum Gasteiger partial charge on any atom is -0.496 e. The number of para-hydroxylation sites is 1. The van der Waals surface area contributed by atoms with E-state index in [0.29, 0.717) is 22.7 Å². The van der Waals surface area contributed by atoms with Crippen molar-refractivity contribution in [2.75, 3.05) is 13.7 Å². The predicted octanol–water partition coefficient (Wildman–Crippen LogP) is 4.86. The van der Waals surface area contributed by atoms with Crippen molar-refractivity contribution in [2.45, 2.75) is 33.7 Å². The standard InChI is InChI=1S/C24H26N2O4/c1-6-30-24(28)20-21(22(27)17-13-11-16(4)12-14-17)26(15(2)3)23(25-20)18-9-7-8-10-19(18)29-5/h7-15H,6H2,1-5H3. The Labute approximate surface area is 176 Å². The highest BCUT2D eigenvalue weighted by molar-refractivity contribution is 6.13. The van der Waals surface area contributed by atoms with E-state index < -0.39 is 5.97 Å². The summed E-state index contributed by atoms with van der Waals surface area (Å²) < 4.78 is 12.5. The third-order valence-corrected chi connectivity index (χ3v) is 4.77. The van der Waals surface area contributed by atoms with Crippen molar-refractivity contribution < 1.29 is 19.1 Å². The zero-order valence-corrected chi connectivity index (χ0v) is 17.9.